The monoisotopic (exact) mass is 1100 g/mol. The van der Waals surface area contributed by atoms with E-state index < -0.39 is 6.10 Å². The molecule has 0 aromatic heterocycles. The van der Waals surface area contributed by atoms with Crippen LogP contribution in [0.2, 0.25) is 0 Å². The molecule has 0 heterocycles. The summed E-state index contributed by atoms with van der Waals surface area (Å²) in [6.45, 7) is 6.51. The minimum atomic E-state index is -0.792. The maximum atomic E-state index is 12.9. The number of unbranched alkanes of at least 4 members (excludes halogenated alkanes) is 34. The van der Waals surface area contributed by atoms with Crippen molar-refractivity contribution in [1.82, 2.24) is 0 Å². The van der Waals surface area contributed by atoms with E-state index in [0.717, 1.165) is 116 Å². The first kappa shape index (κ1) is 75.3. The molecule has 6 heteroatoms. The Morgan fingerprint density at radius 2 is 0.494 bits per heavy atom. The molecule has 0 saturated carbocycles. The molecule has 0 aromatic rings. The van der Waals surface area contributed by atoms with Crippen LogP contribution in [0.1, 0.15) is 329 Å². The normalized spacial score (nSPS) is 12.7. The average Bonchev–Trinajstić information content (AvgIpc) is 3.45. The predicted molar refractivity (Wildman–Crippen MR) is 344 cm³/mol. The molecule has 0 aliphatic carbocycles. The van der Waals surface area contributed by atoms with Crippen LogP contribution in [0.15, 0.2) is 97.2 Å². The van der Waals surface area contributed by atoms with Crippen LogP contribution in [0.4, 0.5) is 0 Å². The van der Waals surface area contributed by atoms with Gasteiger partial charge in [-0.05, 0) is 122 Å². The summed E-state index contributed by atoms with van der Waals surface area (Å²) in [6, 6.07) is 0. The van der Waals surface area contributed by atoms with Crippen LogP contribution in [0.3, 0.4) is 0 Å². The Morgan fingerprint density at radius 3 is 0.797 bits per heavy atom. The largest absolute Gasteiger partial charge is 0.462 e. The Hall–Kier alpha value is -3.67. The highest BCUT2D eigenvalue weighted by Crippen LogP contribution is 2.16. The maximum absolute atomic E-state index is 12.9. The van der Waals surface area contributed by atoms with Crippen LogP contribution in [0.25, 0.3) is 0 Å². The van der Waals surface area contributed by atoms with Gasteiger partial charge in [-0.1, -0.05) is 285 Å². The van der Waals surface area contributed by atoms with Gasteiger partial charge in [0.15, 0.2) is 6.10 Å². The minimum Gasteiger partial charge on any atom is -0.462 e. The van der Waals surface area contributed by atoms with Gasteiger partial charge in [0.05, 0.1) is 0 Å². The van der Waals surface area contributed by atoms with Crippen LogP contribution in [-0.4, -0.2) is 37.2 Å². The fourth-order valence-corrected chi connectivity index (χ4v) is 9.50. The number of allylic oxidation sites excluding steroid dienone is 16. The summed E-state index contributed by atoms with van der Waals surface area (Å²) < 4.78 is 17.0. The van der Waals surface area contributed by atoms with E-state index in [4.69, 9.17) is 14.2 Å². The summed E-state index contributed by atoms with van der Waals surface area (Å²) in [7, 11) is 0. The van der Waals surface area contributed by atoms with Gasteiger partial charge in [-0.2, -0.15) is 0 Å². The van der Waals surface area contributed by atoms with Gasteiger partial charge >= 0.3 is 17.9 Å². The standard InChI is InChI=1S/C73H126O6/c1-4-7-10-13-16-19-22-25-28-31-33-34-35-36-37-38-40-42-45-48-51-54-57-60-63-66-72(75)78-69-70(68-77-71(74)65-62-59-56-53-50-47-44-41-30-27-24-21-18-15-12-9-6-3)79-73(76)67-64-61-58-55-52-49-46-43-39-32-29-26-23-20-17-14-11-8-5-2/h9,12,17-18,20-22,25-27,29-31,33,39,43,70H,4-8,10-11,13-16,19,23-24,28,32,34-38,40-42,44-69H2,1-3H3/b12-9-,20-17-,21-18-,25-22-,29-26-,30-27-,33-31-,43-39-. The van der Waals surface area contributed by atoms with Crippen LogP contribution in [0.5, 0.6) is 0 Å². The third kappa shape index (κ3) is 65.0. The van der Waals surface area contributed by atoms with Crippen LogP contribution >= 0.6 is 0 Å². The Labute approximate surface area is 489 Å². The first-order valence-electron chi connectivity index (χ1n) is 33.7. The molecule has 79 heavy (non-hydrogen) atoms. The third-order valence-corrected chi connectivity index (χ3v) is 14.5. The lowest BCUT2D eigenvalue weighted by Crippen LogP contribution is -2.30. The van der Waals surface area contributed by atoms with Crippen molar-refractivity contribution in [3.8, 4) is 0 Å². The van der Waals surface area contributed by atoms with E-state index in [9.17, 15) is 14.4 Å². The maximum Gasteiger partial charge on any atom is 0.306 e. The third-order valence-electron chi connectivity index (χ3n) is 14.5. The van der Waals surface area contributed by atoms with Crippen molar-refractivity contribution in [2.45, 2.75) is 335 Å². The minimum absolute atomic E-state index is 0.0856. The Bertz CT molecular complexity index is 1540. The second-order valence-electron chi connectivity index (χ2n) is 22.3. The van der Waals surface area contributed by atoms with Gasteiger partial charge in [-0.3, -0.25) is 14.4 Å². The number of carbonyl (C=O) groups excluding carboxylic acids is 3. The van der Waals surface area contributed by atoms with E-state index >= 15 is 0 Å². The van der Waals surface area contributed by atoms with Crippen LogP contribution in [0, 0.1) is 0 Å². The van der Waals surface area contributed by atoms with Gasteiger partial charge in [0.1, 0.15) is 13.2 Å². The van der Waals surface area contributed by atoms with Crippen molar-refractivity contribution in [2.75, 3.05) is 13.2 Å². The number of hydrogen-bond acceptors (Lipinski definition) is 6. The van der Waals surface area contributed by atoms with Gasteiger partial charge in [0, 0.05) is 19.3 Å². The number of ether oxygens (including phenoxy) is 3. The number of hydrogen-bond donors (Lipinski definition) is 0. The van der Waals surface area contributed by atoms with E-state index in [0.29, 0.717) is 19.3 Å². The van der Waals surface area contributed by atoms with E-state index in [2.05, 4.69) is 118 Å². The summed E-state index contributed by atoms with van der Waals surface area (Å²) in [5, 5.41) is 0. The summed E-state index contributed by atoms with van der Waals surface area (Å²) in [5.41, 5.74) is 0. The Balaban J connectivity index is 4.37. The van der Waals surface area contributed by atoms with Gasteiger partial charge in [0.2, 0.25) is 0 Å². The highest BCUT2D eigenvalue weighted by Gasteiger charge is 2.19. The molecule has 0 spiro atoms. The van der Waals surface area contributed by atoms with Crippen LogP contribution in [-0.2, 0) is 28.6 Å². The van der Waals surface area contributed by atoms with Gasteiger partial charge in [0.25, 0.3) is 0 Å². The molecule has 1 atom stereocenters. The van der Waals surface area contributed by atoms with Gasteiger partial charge in [-0.25, -0.2) is 0 Å². The van der Waals surface area contributed by atoms with E-state index in [1.54, 1.807) is 0 Å². The highest BCUT2D eigenvalue weighted by atomic mass is 16.6. The number of rotatable bonds is 61. The fraction of sp³-hybridized carbons (Fsp3) is 0.740. The zero-order valence-corrected chi connectivity index (χ0v) is 52.1. The lowest BCUT2D eigenvalue weighted by atomic mass is 10.0. The Morgan fingerprint density at radius 1 is 0.266 bits per heavy atom. The molecule has 0 fully saturated rings. The molecular weight excluding hydrogens is 973 g/mol. The van der Waals surface area contributed by atoms with E-state index in [1.807, 2.05) is 0 Å². The van der Waals surface area contributed by atoms with Gasteiger partial charge in [-0.15, -0.1) is 0 Å². The second kappa shape index (κ2) is 66.8. The molecule has 0 aliphatic heterocycles. The lowest BCUT2D eigenvalue weighted by molar-refractivity contribution is -0.167. The topological polar surface area (TPSA) is 78.9 Å². The molecule has 6 nitrogen and oxygen atoms in total. The molecule has 0 aliphatic rings. The second-order valence-corrected chi connectivity index (χ2v) is 22.3. The van der Waals surface area contributed by atoms with Crippen molar-refractivity contribution in [3.63, 3.8) is 0 Å². The molecule has 0 amide bonds. The first-order chi connectivity index (χ1) is 39.0. The molecule has 454 valence electrons. The molecule has 0 bridgehead atoms. The molecule has 0 radical (unpaired) electrons. The average molecular weight is 1100 g/mol. The smallest absolute Gasteiger partial charge is 0.306 e. The fourth-order valence-electron chi connectivity index (χ4n) is 9.50. The Kier molecular flexibility index (Phi) is 63.7. The molecule has 0 N–H and O–H groups in total. The summed E-state index contributed by atoms with van der Waals surface area (Å²) in [5.74, 6) is -0.897. The molecule has 0 aromatic carbocycles. The van der Waals surface area contributed by atoms with Crippen molar-refractivity contribution >= 4 is 17.9 Å². The number of carbonyl (C=O) groups is 3. The van der Waals surface area contributed by atoms with Crippen molar-refractivity contribution in [1.29, 1.82) is 0 Å². The molecular formula is C73H126O6. The summed E-state index contributed by atoms with van der Waals surface area (Å²) >= 11 is 0. The van der Waals surface area contributed by atoms with Crippen molar-refractivity contribution < 1.29 is 28.6 Å². The van der Waals surface area contributed by atoms with E-state index in [1.165, 1.54) is 173 Å². The lowest BCUT2D eigenvalue weighted by Gasteiger charge is -2.18. The van der Waals surface area contributed by atoms with Crippen molar-refractivity contribution in [3.05, 3.63) is 97.2 Å². The molecule has 1 unspecified atom stereocenters. The predicted octanol–water partition coefficient (Wildman–Crippen LogP) is 23.2. The van der Waals surface area contributed by atoms with E-state index in [-0.39, 0.29) is 31.1 Å². The number of esters is 3. The quantitative estimate of drug-likeness (QED) is 0.0261. The zero-order valence-electron chi connectivity index (χ0n) is 52.1. The first-order valence-corrected chi connectivity index (χ1v) is 33.7. The molecule has 0 saturated heterocycles. The van der Waals surface area contributed by atoms with Crippen molar-refractivity contribution in [2.24, 2.45) is 0 Å². The summed E-state index contributed by atoms with van der Waals surface area (Å²) in [4.78, 5) is 38.4. The SMILES string of the molecule is CC/C=C\C/C=C\C/C=C\CCCCCCCCCC(=O)OCC(COC(=O)CCCCCCCCCCCCCCC/C=C\C/C=C\CCCCCCC)OC(=O)CCCCCCCC/C=C\C/C=C\C/C=C\CCCCC. The summed E-state index contributed by atoms with van der Waals surface area (Å²) in [6.07, 6.45) is 89.8. The molecule has 0 rings (SSSR count). The van der Waals surface area contributed by atoms with Gasteiger partial charge < -0.3 is 14.2 Å². The zero-order chi connectivity index (χ0) is 57.1. The van der Waals surface area contributed by atoms with Crippen LogP contribution < -0.4 is 0 Å². The highest BCUT2D eigenvalue weighted by molar-refractivity contribution is 5.71.